The predicted molar refractivity (Wildman–Crippen MR) is 87.4 cm³/mol. The van der Waals surface area contributed by atoms with E-state index in [1.165, 1.54) is 17.7 Å². The molecule has 0 radical (unpaired) electrons. The summed E-state index contributed by atoms with van der Waals surface area (Å²) in [6.07, 6.45) is 1.12. The van der Waals surface area contributed by atoms with Crippen molar-refractivity contribution in [1.29, 1.82) is 0 Å². The molecule has 0 atom stereocenters. The van der Waals surface area contributed by atoms with Gasteiger partial charge in [-0.1, -0.05) is 19.1 Å². The van der Waals surface area contributed by atoms with Gasteiger partial charge in [0.15, 0.2) is 0 Å². The van der Waals surface area contributed by atoms with Crippen LogP contribution in [0, 0.1) is 12.7 Å². The molecule has 0 unspecified atom stereocenters. The normalized spacial score (nSPS) is 10.7. The molecule has 0 saturated heterocycles. The Hall–Kier alpha value is -1.39. The molecule has 0 heterocycles. The maximum Gasteiger partial charge on any atom is 0.144 e. The summed E-state index contributed by atoms with van der Waals surface area (Å²) in [6, 6.07) is 10.5. The van der Waals surface area contributed by atoms with E-state index >= 15 is 0 Å². The molecule has 0 bridgehead atoms. The monoisotopic (exact) mass is 351 g/mol. The van der Waals surface area contributed by atoms with Gasteiger partial charge in [-0.25, -0.2) is 4.39 Å². The Kier molecular flexibility index (Phi) is 5.76. The minimum atomic E-state index is -0.314. The second-order valence-electron chi connectivity index (χ2n) is 4.95. The third kappa shape index (κ3) is 4.55. The van der Waals surface area contributed by atoms with E-state index in [0.717, 1.165) is 35.3 Å². The van der Waals surface area contributed by atoms with Gasteiger partial charge in [-0.05, 0) is 65.1 Å². The Morgan fingerprint density at radius 1 is 1.14 bits per heavy atom. The molecule has 2 rings (SSSR count). The van der Waals surface area contributed by atoms with Gasteiger partial charge in [-0.15, -0.1) is 0 Å². The third-order valence-electron chi connectivity index (χ3n) is 3.11. The van der Waals surface area contributed by atoms with Crippen LogP contribution >= 0.6 is 15.9 Å². The van der Waals surface area contributed by atoms with E-state index in [2.05, 4.69) is 34.2 Å². The van der Waals surface area contributed by atoms with Crippen molar-refractivity contribution < 1.29 is 9.13 Å². The number of ether oxygens (including phenoxy) is 1. The van der Waals surface area contributed by atoms with Crippen molar-refractivity contribution in [2.45, 2.75) is 26.8 Å². The molecule has 1 N–H and O–H groups in total. The highest BCUT2D eigenvalue weighted by molar-refractivity contribution is 9.10. The van der Waals surface area contributed by atoms with Crippen LogP contribution < -0.4 is 10.1 Å². The van der Waals surface area contributed by atoms with Crippen molar-refractivity contribution in [3.05, 3.63) is 57.8 Å². The Morgan fingerprint density at radius 2 is 1.95 bits per heavy atom. The Balaban J connectivity index is 2.12. The number of nitrogens with one attached hydrogen (secondary N) is 1. The van der Waals surface area contributed by atoms with Gasteiger partial charge in [0, 0.05) is 12.6 Å². The van der Waals surface area contributed by atoms with Crippen molar-refractivity contribution in [2.24, 2.45) is 0 Å². The van der Waals surface area contributed by atoms with Crippen LogP contribution in [0.2, 0.25) is 0 Å². The molecular formula is C17H19BrFNO. The van der Waals surface area contributed by atoms with E-state index in [-0.39, 0.29) is 5.82 Å². The Labute approximate surface area is 133 Å². The minimum absolute atomic E-state index is 0.314. The zero-order valence-electron chi connectivity index (χ0n) is 12.2. The predicted octanol–water partition coefficient (Wildman–Crippen LogP) is 5.19. The van der Waals surface area contributed by atoms with Crippen LogP contribution in [-0.2, 0) is 6.54 Å². The van der Waals surface area contributed by atoms with Gasteiger partial charge < -0.3 is 10.1 Å². The number of halogens is 2. The van der Waals surface area contributed by atoms with E-state index in [0.29, 0.717) is 5.75 Å². The van der Waals surface area contributed by atoms with E-state index in [1.807, 2.05) is 19.1 Å². The molecule has 0 fully saturated rings. The van der Waals surface area contributed by atoms with E-state index < -0.39 is 0 Å². The zero-order valence-corrected chi connectivity index (χ0v) is 13.8. The minimum Gasteiger partial charge on any atom is -0.456 e. The lowest BCUT2D eigenvalue weighted by atomic mass is 10.1. The molecule has 112 valence electrons. The van der Waals surface area contributed by atoms with Crippen LogP contribution in [-0.4, -0.2) is 6.54 Å². The van der Waals surface area contributed by atoms with Gasteiger partial charge in [0.25, 0.3) is 0 Å². The number of hydrogen-bond acceptors (Lipinski definition) is 2. The van der Waals surface area contributed by atoms with Crippen molar-refractivity contribution in [2.75, 3.05) is 6.54 Å². The second kappa shape index (κ2) is 7.57. The summed E-state index contributed by atoms with van der Waals surface area (Å²) in [4.78, 5) is 0. The first-order valence-electron chi connectivity index (χ1n) is 7.03. The van der Waals surface area contributed by atoms with Crippen LogP contribution in [0.25, 0.3) is 0 Å². The quantitative estimate of drug-likeness (QED) is 0.723. The lowest BCUT2D eigenvalue weighted by Crippen LogP contribution is -2.13. The van der Waals surface area contributed by atoms with Crippen LogP contribution in [0.1, 0.15) is 24.5 Å². The summed E-state index contributed by atoms with van der Waals surface area (Å²) in [5, 5.41) is 3.37. The van der Waals surface area contributed by atoms with Crippen molar-refractivity contribution in [3.63, 3.8) is 0 Å². The van der Waals surface area contributed by atoms with Gasteiger partial charge in [-0.3, -0.25) is 0 Å². The average Bonchev–Trinajstić information content (AvgIpc) is 2.46. The maximum absolute atomic E-state index is 13.3. The fourth-order valence-corrected chi connectivity index (χ4v) is 2.35. The largest absolute Gasteiger partial charge is 0.456 e. The third-order valence-corrected chi connectivity index (χ3v) is 3.76. The van der Waals surface area contributed by atoms with Crippen molar-refractivity contribution in [3.8, 4) is 11.5 Å². The molecule has 0 saturated carbocycles. The summed E-state index contributed by atoms with van der Waals surface area (Å²) in [6.45, 7) is 5.99. The first kappa shape index (κ1) is 16.0. The highest BCUT2D eigenvalue weighted by Gasteiger charge is 2.07. The smallest absolute Gasteiger partial charge is 0.144 e. The van der Waals surface area contributed by atoms with Gasteiger partial charge in [0.1, 0.15) is 17.3 Å². The molecule has 4 heteroatoms. The standard InChI is InChI=1S/C17H19BrFNO/c1-3-8-20-11-13-4-7-16(12(2)9-13)21-17-10-14(19)5-6-15(17)18/h4-7,9-10,20H,3,8,11H2,1-2H3. The van der Waals surface area contributed by atoms with Crippen LogP contribution in [0.3, 0.4) is 0 Å². The highest BCUT2D eigenvalue weighted by Crippen LogP contribution is 2.32. The lowest BCUT2D eigenvalue weighted by Gasteiger charge is -2.12. The van der Waals surface area contributed by atoms with Gasteiger partial charge in [-0.2, -0.15) is 0 Å². The molecule has 0 amide bonds. The van der Waals surface area contributed by atoms with Crippen LogP contribution in [0.15, 0.2) is 40.9 Å². The van der Waals surface area contributed by atoms with Crippen molar-refractivity contribution >= 4 is 15.9 Å². The molecule has 21 heavy (non-hydrogen) atoms. The fourth-order valence-electron chi connectivity index (χ4n) is 2.02. The fraction of sp³-hybridized carbons (Fsp3) is 0.294. The van der Waals surface area contributed by atoms with E-state index in [1.54, 1.807) is 6.07 Å². The highest BCUT2D eigenvalue weighted by atomic mass is 79.9. The summed E-state index contributed by atoms with van der Waals surface area (Å²) in [5.41, 5.74) is 2.24. The zero-order chi connectivity index (χ0) is 15.2. The van der Waals surface area contributed by atoms with Gasteiger partial charge in [0.2, 0.25) is 0 Å². The van der Waals surface area contributed by atoms with Crippen LogP contribution in [0.5, 0.6) is 11.5 Å². The molecule has 0 aliphatic heterocycles. The molecule has 0 spiro atoms. The molecule has 2 nitrogen and oxygen atoms in total. The summed E-state index contributed by atoms with van der Waals surface area (Å²) >= 11 is 3.37. The lowest BCUT2D eigenvalue weighted by molar-refractivity contribution is 0.470. The van der Waals surface area contributed by atoms with E-state index in [9.17, 15) is 4.39 Å². The summed E-state index contributed by atoms with van der Waals surface area (Å²) < 4.78 is 19.8. The first-order valence-corrected chi connectivity index (χ1v) is 7.82. The van der Waals surface area contributed by atoms with E-state index in [4.69, 9.17) is 4.74 Å². The van der Waals surface area contributed by atoms with Gasteiger partial charge in [0.05, 0.1) is 4.47 Å². The summed E-state index contributed by atoms with van der Waals surface area (Å²) in [5.74, 6) is 0.904. The topological polar surface area (TPSA) is 21.3 Å². The SMILES string of the molecule is CCCNCc1ccc(Oc2cc(F)ccc2Br)c(C)c1. The molecular weight excluding hydrogens is 333 g/mol. The molecule has 2 aromatic rings. The molecule has 0 aliphatic rings. The number of benzene rings is 2. The molecule has 0 aliphatic carbocycles. The Bertz CT molecular complexity index is 616. The number of aryl methyl sites for hydroxylation is 1. The summed E-state index contributed by atoms with van der Waals surface area (Å²) in [7, 11) is 0. The second-order valence-corrected chi connectivity index (χ2v) is 5.81. The van der Waals surface area contributed by atoms with Gasteiger partial charge >= 0.3 is 0 Å². The number of hydrogen-bond donors (Lipinski definition) is 1. The molecule has 0 aromatic heterocycles. The van der Waals surface area contributed by atoms with Crippen molar-refractivity contribution in [1.82, 2.24) is 5.32 Å². The van der Waals surface area contributed by atoms with Crippen LogP contribution in [0.4, 0.5) is 4.39 Å². The maximum atomic E-state index is 13.3. The number of rotatable bonds is 6. The molecule has 2 aromatic carbocycles. The average molecular weight is 352 g/mol. The first-order chi connectivity index (χ1) is 10.1. The Morgan fingerprint density at radius 3 is 2.67 bits per heavy atom.